The SMILES string of the molecule is O=C(Nc1cccc2c1NCCC2)C1COCCO1. The second kappa shape index (κ2) is 5.59. The molecule has 2 heterocycles. The van der Waals surface area contributed by atoms with Crippen molar-refractivity contribution in [2.75, 3.05) is 37.0 Å². The molecular weight excluding hydrogens is 244 g/mol. The molecule has 1 fully saturated rings. The largest absolute Gasteiger partial charge is 0.383 e. The van der Waals surface area contributed by atoms with E-state index in [1.807, 2.05) is 12.1 Å². The summed E-state index contributed by atoms with van der Waals surface area (Å²) >= 11 is 0. The van der Waals surface area contributed by atoms with Gasteiger partial charge in [0.25, 0.3) is 5.91 Å². The van der Waals surface area contributed by atoms with Crippen molar-refractivity contribution in [1.29, 1.82) is 0 Å². The molecule has 1 atom stereocenters. The average molecular weight is 262 g/mol. The van der Waals surface area contributed by atoms with Crippen molar-refractivity contribution < 1.29 is 14.3 Å². The van der Waals surface area contributed by atoms with Crippen molar-refractivity contribution in [1.82, 2.24) is 0 Å². The van der Waals surface area contributed by atoms with E-state index in [1.54, 1.807) is 0 Å². The number of benzene rings is 1. The molecule has 0 aliphatic carbocycles. The van der Waals surface area contributed by atoms with E-state index in [2.05, 4.69) is 16.7 Å². The van der Waals surface area contributed by atoms with Gasteiger partial charge in [-0.15, -0.1) is 0 Å². The molecule has 5 nitrogen and oxygen atoms in total. The van der Waals surface area contributed by atoms with Gasteiger partial charge >= 0.3 is 0 Å². The highest BCUT2D eigenvalue weighted by Crippen LogP contribution is 2.30. The molecule has 2 aliphatic heterocycles. The van der Waals surface area contributed by atoms with E-state index in [0.29, 0.717) is 19.8 Å². The second-order valence-electron chi connectivity index (χ2n) is 4.79. The van der Waals surface area contributed by atoms with E-state index < -0.39 is 6.10 Å². The molecule has 1 amide bonds. The van der Waals surface area contributed by atoms with Crippen LogP contribution in [0.5, 0.6) is 0 Å². The van der Waals surface area contributed by atoms with Crippen LogP contribution in [0.25, 0.3) is 0 Å². The van der Waals surface area contributed by atoms with Crippen molar-refractivity contribution in [2.24, 2.45) is 0 Å². The maximum atomic E-state index is 12.1. The molecule has 1 saturated heterocycles. The van der Waals surface area contributed by atoms with Gasteiger partial charge in [-0.25, -0.2) is 0 Å². The predicted molar refractivity (Wildman–Crippen MR) is 72.4 cm³/mol. The van der Waals surface area contributed by atoms with Crippen LogP contribution >= 0.6 is 0 Å². The standard InChI is InChI=1S/C14H18N2O3/c17-14(12-9-18-7-8-19-12)16-11-5-1-3-10-4-2-6-15-13(10)11/h1,3,5,12,15H,2,4,6-9H2,(H,16,17). The van der Waals surface area contributed by atoms with E-state index >= 15 is 0 Å². The summed E-state index contributed by atoms with van der Waals surface area (Å²) in [4.78, 5) is 12.1. The zero-order valence-electron chi connectivity index (χ0n) is 10.8. The van der Waals surface area contributed by atoms with Gasteiger partial charge < -0.3 is 20.1 Å². The lowest BCUT2D eigenvalue weighted by molar-refractivity contribution is -0.142. The fourth-order valence-corrected chi connectivity index (χ4v) is 2.47. The number of amides is 1. The third kappa shape index (κ3) is 2.72. The lowest BCUT2D eigenvalue weighted by Crippen LogP contribution is -2.39. The molecule has 19 heavy (non-hydrogen) atoms. The summed E-state index contributed by atoms with van der Waals surface area (Å²) in [5.74, 6) is -0.138. The Balaban J connectivity index is 1.74. The highest BCUT2D eigenvalue weighted by Gasteiger charge is 2.24. The molecule has 1 unspecified atom stereocenters. The number of aryl methyl sites for hydroxylation is 1. The Morgan fingerprint density at radius 1 is 1.37 bits per heavy atom. The smallest absolute Gasteiger partial charge is 0.255 e. The van der Waals surface area contributed by atoms with E-state index in [-0.39, 0.29) is 5.91 Å². The molecule has 1 aromatic rings. The first-order chi connectivity index (χ1) is 9.34. The number of carbonyl (C=O) groups excluding carboxylic acids is 1. The third-order valence-electron chi connectivity index (χ3n) is 3.44. The molecule has 0 radical (unpaired) electrons. The summed E-state index contributed by atoms with van der Waals surface area (Å²) in [7, 11) is 0. The summed E-state index contributed by atoms with van der Waals surface area (Å²) in [5.41, 5.74) is 3.13. The second-order valence-corrected chi connectivity index (χ2v) is 4.79. The van der Waals surface area contributed by atoms with Crippen LogP contribution in [0.15, 0.2) is 18.2 Å². The van der Waals surface area contributed by atoms with Crippen molar-refractivity contribution in [2.45, 2.75) is 18.9 Å². The van der Waals surface area contributed by atoms with Crippen LogP contribution in [0.2, 0.25) is 0 Å². The van der Waals surface area contributed by atoms with Crippen LogP contribution in [0, 0.1) is 0 Å². The lowest BCUT2D eigenvalue weighted by Gasteiger charge is -2.24. The van der Waals surface area contributed by atoms with Crippen molar-refractivity contribution >= 4 is 17.3 Å². The van der Waals surface area contributed by atoms with Gasteiger partial charge in [0.1, 0.15) is 0 Å². The fraction of sp³-hybridized carbons (Fsp3) is 0.500. The normalized spacial score (nSPS) is 22.2. The number of nitrogens with one attached hydrogen (secondary N) is 2. The van der Waals surface area contributed by atoms with E-state index in [9.17, 15) is 4.79 Å². The lowest BCUT2D eigenvalue weighted by atomic mass is 10.0. The highest BCUT2D eigenvalue weighted by atomic mass is 16.6. The monoisotopic (exact) mass is 262 g/mol. The molecule has 2 N–H and O–H groups in total. The molecule has 0 bridgehead atoms. The van der Waals surface area contributed by atoms with Gasteiger partial charge in [-0.2, -0.15) is 0 Å². The first-order valence-electron chi connectivity index (χ1n) is 6.70. The molecule has 0 aromatic heterocycles. The Bertz CT molecular complexity index is 470. The first kappa shape index (κ1) is 12.4. The topological polar surface area (TPSA) is 59.6 Å². The van der Waals surface area contributed by atoms with Crippen LogP contribution in [0.1, 0.15) is 12.0 Å². The van der Waals surface area contributed by atoms with Gasteiger partial charge in [-0.1, -0.05) is 12.1 Å². The first-order valence-corrected chi connectivity index (χ1v) is 6.70. The van der Waals surface area contributed by atoms with Crippen LogP contribution in [0.4, 0.5) is 11.4 Å². The van der Waals surface area contributed by atoms with Crippen molar-refractivity contribution in [3.8, 4) is 0 Å². The van der Waals surface area contributed by atoms with Gasteiger partial charge in [0.15, 0.2) is 6.10 Å². The Hall–Kier alpha value is -1.59. The number of rotatable bonds is 2. The average Bonchev–Trinajstić information content (AvgIpc) is 2.48. The number of ether oxygens (including phenoxy) is 2. The van der Waals surface area contributed by atoms with Crippen LogP contribution in [-0.4, -0.2) is 38.4 Å². The molecule has 3 rings (SSSR count). The van der Waals surface area contributed by atoms with Crippen molar-refractivity contribution in [3.63, 3.8) is 0 Å². The summed E-state index contributed by atoms with van der Waals surface area (Å²) in [6.45, 7) is 2.31. The number of para-hydroxylation sites is 1. The molecular formula is C14H18N2O3. The Morgan fingerprint density at radius 2 is 2.32 bits per heavy atom. The zero-order chi connectivity index (χ0) is 13.1. The maximum absolute atomic E-state index is 12.1. The van der Waals surface area contributed by atoms with Crippen LogP contribution in [-0.2, 0) is 20.7 Å². The van der Waals surface area contributed by atoms with E-state index in [0.717, 1.165) is 30.8 Å². The molecule has 1 aromatic carbocycles. The summed E-state index contributed by atoms with van der Waals surface area (Å²) < 4.78 is 10.7. The van der Waals surface area contributed by atoms with Gasteiger partial charge in [-0.3, -0.25) is 4.79 Å². The third-order valence-corrected chi connectivity index (χ3v) is 3.44. The highest BCUT2D eigenvalue weighted by molar-refractivity contribution is 5.97. The van der Waals surface area contributed by atoms with Crippen LogP contribution < -0.4 is 10.6 Å². The minimum absolute atomic E-state index is 0.138. The van der Waals surface area contributed by atoms with Gasteiger partial charge in [0, 0.05) is 6.54 Å². The number of fused-ring (bicyclic) bond motifs is 1. The molecule has 5 heteroatoms. The van der Waals surface area contributed by atoms with E-state index in [1.165, 1.54) is 5.56 Å². The maximum Gasteiger partial charge on any atom is 0.255 e. The van der Waals surface area contributed by atoms with Gasteiger partial charge in [0.05, 0.1) is 31.2 Å². The summed E-state index contributed by atoms with van der Waals surface area (Å²) in [6.07, 6.45) is 1.67. The minimum Gasteiger partial charge on any atom is -0.383 e. The van der Waals surface area contributed by atoms with E-state index in [4.69, 9.17) is 9.47 Å². The Kier molecular flexibility index (Phi) is 3.66. The predicted octanol–water partition coefficient (Wildman–Crippen LogP) is 1.40. The van der Waals surface area contributed by atoms with Crippen molar-refractivity contribution in [3.05, 3.63) is 23.8 Å². The number of hydrogen-bond acceptors (Lipinski definition) is 4. The summed E-state index contributed by atoms with van der Waals surface area (Å²) in [5, 5.41) is 6.29. The molecule has 102 valence electrons. The Morgan fingerprint density at radius 3 is 3.16 bits per heavy atom. The van der Waals surface area contributed by atoms with Crippen LogP contribution in [0.3, 0.4) is 0 Å². The van der Waals surface area contributed by atoms with Gasteiger partial charge in [-0.05, 0) is 24.5 Å². The minimum atomic E-state index is -0.506. The molecule has 0 spiro atoms. The summed E-state index contributed by atoms with van der Waals surface area (Å²) in [6, 6.07) is 5.98. The molecule has 2 aliphatic rings. The molecule has 0 saturated carbocycles. The quantitative estimate of drug-likeness (QED) is 0.846. The number of hydrogen-bond donors (Lipinski definition) is 2. The van der Waals surface area contributed by atoms with Gasteiger partial charge in [0.2, 0.25) is 0 Å². The number of anilines is 2. The Labute approximate surface area is 112 Å². The number of carbonyl (C=O) groups is 1. The fourth-order valence-electron chi connectivity index (χ4n) is 2.47. The zero-order valence-corrected chi connectivity index (χ0v) is 10.8.